The van der Waals surface area contributed by atoms with Crippen LogP contribution in [-0.2, 0) is 16.6 Å². The summed E-state index contributed by atoms with van der Waals surface area (Å²) in [5, 5.41) is 2.69. The van der Waals surface area contributed by atoms with Crippen molar-refractivity contribution in [3.63, 3.8) is 0 Å². The van der Waals surface area contributed by atoms with E-state index in [9.17, 15) is 13.2 Å². The van der Waals surface area contributed by atoms with Gasteiger partial charge in [0.1, 0.15) is 0 Å². The zero-order valence-electron chi connectivity index (χ0n) is 13.2. The van der Waals surface area contributed by atoms with Crippen LogP contribution in [0.15, 0.2) is 18.3 Å². The highest BCUT2D eigenvalue weighted by molar-refractivity contribution is 7.89. The maximum absolute atomic E-state index is 12.2. The van der Waals surface area contributed by atoms with Gasteiger partial charge in [0.05, 0.1) is 11.8 Å². The lowest BCUT2D eigenvalue weighted by molar-refractivity contribution is 0.163. The minimum atomic E-state index is -3.35. The van der Waals surface area contributed by atoms with Crippen LogP contribution in [-0.4, -0.2) is 48.8 Å². The number of nitrogens with zero attached hydrogens (tertiary/aromatic N) is 2. The molecule has 0 unspecified atom stereocenters. The summed E-state index contributed by atoms with van der Waals surface area (Å²) in [5.74, 6) is -0.116. The Bertz CT molecular complexity index is 624. The summed E-state index contributed by atoms with van der Waals surface area (Å²) in [6, 6.07) is 3.59. The number of urea groups is 1. The average molecular weight is 328 g/mol. The normalized spacial score (nSPS) is 18.4. The summed E-state index contributed by atoms with van der Waals surface area (Å²) < 4.78 is 28.1. The molecular formula is C14H24N4O3S. The Balaban J connectivity index is 1.86. The van der Waals surface area contributed by atoms with Crippen molar-refractivity contribution in [1.82, 2.24) is 19.5 Å². The van der Waals surface area contributed by atoms with Crippen molar-refractivity contribution in [2.75, 3.05) is 18.8 Å². The molecule has 0 bridgehead atoms. The molecule has 1 aliphatic heterocycles. The molecule has 0 spiro atoms. The fourth-order valence-corrected chi connectivity index (χ4v) is 3.88. The summed E-state index contributed by atoms with van der Waals surface area (Å²) in [6.07, 6.45) is 2.01. The quantitative estimate of drug-likeness (QED) is 0.842. The second-order valence-corrected chi connectivity index (χ2v) is 7.69. The number of nitrogens with one attached hydrogen (secondary N) is 2. The van der Waals surface area contributed by atoms with Crippen molar-refractivity contribution < 1.29 is 13.2 Å². The zero-order chi connectivity index (χ0) is 16.3. The van der Waals surface area contributed by atoms with Crippen LogP contribution in [0.25, 0.3) is 0 Å². The Morgan fingerprint density at radius 3 is 2.82 bits per heavy atom. The first-order valence-electron chi connectivity index (χ1n) is 7.49. The second-order valence-electron chi connectivity index (χ2n) is 5.82. The summed E-state index contributed by atoms with van der Waals surface area (Å²) in [5.41, 5.74) is 1.09. The molecule has 2 amide bonds. The Morgan fingerprint density at radius 1 is 1.41 bits per heavy atom. The predicted molar refractivity (Wildman–Crippen MR) is 85.0 cm³/mol. The molecular weight excluding hydrogens is 304 g/mol. The fourth-order valence-electron chi connectivity index (χ4n) is 2.67. The van der Waals surface area contributed by atoms with Gasteiger partial charge in [0, 0.05) is 37.6 Å². The van der Waals surface area contributed by atoms with Crippen LogP contribution in [0.2, 0.25) is 0 Å². The van der Waals surface area contributed by atoms with E-state index in [1.165, 1.54) is 0 Å². The SMILES string of the molecule is CC(C)NS(=O)(=O)CCNC(=O)N1CCn2cccc2[C@H]1C. The molecule has 1 aliphatic rings. The highest BCUT2D eigenvalue weighted by Gasteiger charge is 2.27. The van der Waals surface area contributed by atoms with Crippen molar-refractivity contribution >= 4 is 16.1 Å². The van der Waals surface area contributed by atoms with Gasteiger partial charge < -0.3 is 14.8 Å². The highest BCUT2D eigenvalue weighted by atomic mass is 32.2. The first-order chi connectivity index (χ1) is 10.3. The molecule has 22 heavy (non-hydrogen) atoms. The maximum atomic E-state index is 12.2. The number of hydrogen-bond donors (Lipinski definition) is 2. The standard InChI is InChI=1S/C14H24N4O3S/c1-11(2)16-22(20,21)10-6-15-14(19)18-9-8-17-7-4-5-13(17)12(18)3/h4-5,7,11-12,16H,6,8-10H2,1-3H3,(H,15,19)/t12-/m1/s1. The average Bonchev–Trinajstić information content (AvgIpc) is 2.86. The van der Waals surface area contributed by atoms with Crippen LogP contribution < -0.4 is 10.0 Å². The fraction of sp³-hybridized carbons (Fsp3) is 0.643. The Morgan fingerprint density at radius 2 is 2.14 bits per heavy atom. The van der Waals surface area contributed by atoms with E-state index in [0.29, 0.717) is 6.54 Å². The molecule has 7 nitrogen and oxygen atoms in total. The molecule has 2 heterocycles. The lowest BCUT2D eigenvalue weighted by Gasteiger charge is -2.34. The van der Waals surface area contributed by atoms with Crippen LogP contribution in [0, 0.1) is 0 Å². The zero-order valence-corrected chi connectivity index (χ0v) is 14.1. The van der Waals surface area contributed by atoms with Crippen molar-refractivity contribution in [2.45, 2.75) is 39.4 Å². The van der Waals surface area contributed by atoms with E-state index in [4.69, 9.17) is 0 Å². The molecule has 1 atom stereocenters. The van der Waals surface area contributed by atoms with Gasteiger partial charge in [-0.05, 0) is 32.9 Å². The molecule has 2 N–H and O–H groups in total. The first-order valence-corrected chi connectivity index (χ1v) is 9.15. The number of carbonyl (C=O) groups is 1. The topological polar surface area (TPSA) is 83.4 Å². The van der Waals surface area contributed by atoms with Gasteiger partial charge in [-0.1, -0.05) is 0 Å². The first kappa shape index (κ1) is 16.8. The summed E-state index contributed by atoms with van der Waals surface area (Å²) in [6.45, 7) is 6.98. The third-order valence-corrected chi connectivity index (χ3v) is 5.24. The van der Waals surface area contributed by atoms with Crippen LogP contribution in [0.4, 0.5) is 4.79 Å². The second kappa shape index (κ2) is 6.70. The molecule has 0 saturated heterocycles. The molecule has 2 rings (SSSR count). The Labute approximate surface area is 131 Å². The van der Waals surface area contributed by atoms with Gasteiger partial charge >= 0.3 is 6.03 Å². The van der Waals surface area contributed by atoms with Gasteiger partial charge in [0.25, 0.3) is 0 Å². The molecule has 8 heteroatoms. The van der Waals surface area contributed by atoms with Crippen molar-refractivity contribution in [3.05, 3.63) is 24.0 Å². The van der Waals surface area contributed by atoms with E-state index < -0.39 is 10.0 Å². The van der Waals surface area contributed by atoms with Gasteiger partial charge in [-0.2, -0.15) is 0 Å². The molecule has 1 aromatic heterocycles. The van der Waals surface area contributed by atoms with Crippen molar-refractivity contribution in [2.24, 2.45) is 0 Å². The van der Waals surface area contributed by atoms with E-state index in [1.807, 2.05) is 25.3 Å². The number of hydrogen-bond acceptors (Lipinski definition) is 3. The number of aromatic nitrogens is 1. The van der Waals surface area contributed by atoms with Gasteiger partial charge in [-0.25, -0.2) is 17.9 Å². The largest absolute Gasteiger partial charge is 0.348 e. The number of fused-ring (bicyclic) bond motifs is 1. The molecule has 0 aliphatic carbocycles. The molecule has 0 saturated carbocycles. The predicted octanol–water partition coefficient (Wildman–Crippen LogP) is 0.902. The molecule has 1 aromatic rings. The molecule has 0 fully saturated rings. The summed E-state index contributed by atoms with van der Waals surface area (Å²) >= 11 is 0. The van der Waals surface area contributed by atoms with E-state index in [2.05, 4.69) is 14.6 Å². The van der Waals surface area contributed by atoms with Crippen LogP contribution in [0.5, 0.6) is 0 Å². The van der Waals surface area contributed by atoms with E-state index in [-0.39, 0.29) is 30.4 Å². The number of rotatable bonds is 5. The van der Waals surface area contributed by atoms with Crippen LogP contribution in [0.3, 0.4) is 0 Å². The van der Waals surface area contributed by atoms with Gasteiger partial charge in [0.2, 0.25) is 10.0 Å². The Kier molecular flexibility index (Phi) is 5.12. The van der Waals surface area contributed by atoms with Gasteiger partial charge in [-0.15, -0.1) is 0 Å². The van der Waals surface area contributed by atoms with Crippen molar-refractivity contribution in [3.8, 4) is 0 Å². The third kappa shape index (κ3) is 4.01. The maximum Gasteiger partial charge on any atom is 0.318 e. The van der Waals surface area contributed by atoms with Crippen LogP contribution >= 0.6 is 0 Å². The Hall–Kier alpha value is -1.54. The summed E-state index contributed by atoms with van der Waals surface area (Å²) in [4.78, 5) is 14.0. The number of sulfonamides is 1. The smallest absolute Gasteiger partial charge is 0.318 e. The van der Waals surface area contributed by atoms with E-state index in [0.717, 1.165) is 12.2 Å². The third-order valence-electron chi connectivity index (χ3n) is 3.67. The number of amides is 2. The van der Waals surface area contributed by atoms with Gasteiger partial charge in [0.15, 0.2) is 0 Å². The van der Waals surface area contributed by atoms with Crippen LogP contribution in [0.1, 0.15) is 32.5 Å². The van der Waals surface area contributed by atoms with E-state index >= 15 is 0 Å². The molecule has 0 aromatic carbocycles. The monoisotopic (exact) mass is 328 g/mol. The lowest BCUT2D eigenvalue weighted by atomic mass is 10.1. The minimum Gasteiger partial charge on any atom is -0.348 e. The lowest BCUT2D eigenvalue weighted by Crippen LogP contribution is -2.47. The minimum absolute atomic E-state index is 0.0193. The molecule has 0 radical (unpaired) electrons. The number of carbonyl (C=O) groups excluding carboxylic acids is 1. The van der Waals surface area contributed by atoms with Crippen molar-refractivity contribution in [1.29, 1.82) is 0 Å². The van der Waals surface area contributed by atoms with E-state index in [1.54, 1.807) is 18.7 Å². The highest BCUT2D eigenvalue weighted by Crippen LogP contribution is 2.24. The van der Waals surface area contributed by atoms with Gasteiger partial charge in [-0.3, -0.25) is 0 Å². The molecule has 124 valence electrons. The summed E-state index contributed by atoms with van der Waals surface area (Å²) in [7, 11) is -3.35.